The Morgan fingerprint density at radius 3 is 2.63 bits per heavy atom. The van der Waals surface area contributed by atoms with Crippen molar-refractivity contribution in [3.05, 3.63) is 88.5 Å². The molecule has 0 aliphatic heterocycles. The molecule has 2 aromatic carbocycles. The highest BCUT2D eigenvalue weighted by molar-refractivity contribution is 6.32. The van der Waals surface area contributed by atoms with Gasteiger partial charge in [0, 0.05) is 24.8 Å². The van der Waals surface area contributed by atoms with E-state index in [-0.39, 0.29) is 12.4 Å². The minimum absolute atomic E-state index is 0.0695. The molecule has 0 saturated carbocycles. The summed E-state index contributed by atoms with van der Waals surface area (Å²) in [6, 6.07) is 15.9. The van der Waals surface area contributed by atoms with Crippen LogP contribution in [0.15, 0.2) is 60.8 Å². The van der Waals surface area contributed by atoms with Crippen LogP contribution in [0.3, 0.4) is 0 Å². The Morgan fingerprint density at radius 2 is 1.89 bits per heavy atom. The fourth-order valence-corrected chi connectivity index (χ4v) is 2.91. The molecule has 0 bridgehead atoms. The molecule has 0 aliphatic carbocycles. The summed E-state index contributed by atoms with van der Waals surface area (Å²) in [5.41, 5.74) is 2.36. The van der Waals surface area contributed by atoms with E-state index in [1.807, 2.05) is 30.3 Å². The van der Waals surface area contributed by atoms with Crippen LogP contribution in [-0.2, 0) is 19.7 Å². The van der Waals surface area contributed by atoms with Gasteiger partial charge in [0.15, 0.2) is 11.5 Å². The van der Waals surface area contributed by atoms with E-state index in [0.29, 0.717) is 35.2 Å². The Kier molecular flexibility index (Phi) is 6.63. The van der Waals surface area contributed by atoms with Crippen molar-refractivity contribution in [1.29, 1.82) is 0 Å². The number of methoxy groups -OCH3 is 1. The number of benzene rings is 2. The third-order valence-corrected chi connectivity index (χ3v) is 4.26. The fraction of sp³-hybridized carbons (Fsp3) is 0.190. The van der Waals surface area contributed by atoms with Crippen LogP contribution in [0.4, 0.5) is 4.39 Å². The quantitative estimate of drug-likeness (QED) is 0.606. The highest BCUT2D eigenvalue weighted by Crippen LogP contribution is 2.37. The lowest BCUT2D eigenvalue weighted by Gasteiger charge is -2.15. The van der Waals surface area contributed by atoms with Crippen molar-refractivity contribution < 1.29 is 13.9 Å². The third kappa shape index (κ3) is 5.18. The molecule has 1 aromatic heterocycles. The molecule has 3 rings (SSSR count). The average molecular weight is 387 g/mol. The molecule has 27 heavy (non-hydrogen) atoms. The number of ether oxygens (including phenoxy) is 2. The summed E-state index contributed by atoms with van der Waals surface area (Å²) in [7, 11) is 1.55. The van der Waals surface area contributed by atoms with Crippen LogP contribution in [0.5, 0.6) is 11.5 Å². The van der Waals surface area contributed by atoms with E-state index in [1.54, 1.807) is 31.5 Å². The van der Waals surface area contributed by atoms with Gasteiger partial charge >= 0.3 is 0 Å². The van der Waals surface area contributed by atoms with E-state index >= 15 is 0 Å². The maximum Gasteiger partial charge on any atom is 0.180 e. The Bertz CT molecular complexity index is 891. The van der Waals surface area contributed by atoms with Gasteiger partial charge in [0.2, 0.25) is 0 Å². The van der Waals surface area contributed by atoms with E-state index in [4.69, 9.17) is 21.1 Å². The first-order valence-corrected chi connectivity index (χ1v) is 8.88. The largest absolute Gasteiger partial charge is 0.493 e. The predicted molar refractivity (Wildman–Crippen MR) is 104 cm³/mol. The number of nitrogens with one attached hydrogen (secondary N) is 1. The van der Waals surface area contributed by atoms with E-state index in [0.717, 1.165) is 11.3 Å². The van der Waals surface area contributed by atoms with E-state index in [1.165, 1.54) is 6.07 Å². The summed E-state index contributed by atoms with van der Waals surface area (Å²) in [5.74, 6) is 0.590. The molecule has 0 saturated heterocycles. The van der Waals surface area contributed by atoms with Gasteiger partial charge in [-0.2, -0.15) is 0 Å². The SMILES string of the molecule is COc1cc(CNCc2ccccn2)cc(Cl)c1OCc1ccccc1F. The van der Waals surface area contributed by atoms with Gasteiger partial charge in [-0.15, -0.1) is 0 Å². The van der Waals surface area contributed by atoms with Crippen LogP contribution < -0.4 is 14.8 Å². The van der Waals surface area contributed by atoms with Crippen molar-refractivity contribution in [2.24, 2.45) is 0 Å². The molecule has 6 heteroatoms. The minimum Gasteiger partial charge on any atom is -0.493 e. The summed E-state index contributed by atoms with van der Waals surface area (Å²) in [6.07, 6.45) is 1.76. The first-order valence-electron chi connectivity index (χ1n) is 8.50. The zero-order chi connectivity index (χ0) is 19.1. The maximum atomic E-state index is 13.8. The molecule has 0 radical (unpaired) electrons. The van der Waals surface area contributed by atoms with Crippen LogP contribution in [-0.4, -0.2) is 12.1 Å². The second-order valence-electron chi connectivity index (χ2n) is 5.91. The van der Waals surface area contributed by atoms with Crippen molar-refractivity contribution in [1.82, 2.24) is 10.3 Å². The van der Waals surface area contributed by atoms with Gasteiger partial charge in [-0.3, -0.25) is 4.98 Å². The normalized spacial score (nSPS) is 10.6. The lowest BCUT2D eigenvalue weighted by Crippen LogP contribution is -2.13. The molecule has 4 nitrogen and oxygen atoms in total. The first-order chi connectivity index (χ1) is 13.2. The van der Waals surface area contributed by atoms with Crippen LogP contribution in [0, 0.1) is 5.82 Å². The molecule has 0 fully saturated rings. The fourth-order valence-electron chi connectivity index (χ4n) is 2.62. The molecule has 3 aromatic rings. The molecular formula is C21H20ClFN2O2. The molecule has 0 amide bonds. The first kappa shape index (κ1) is 19.1. The molecule has 0 unspecified atom stereocenters. The highest BCUT2D eigenvalue weighted by atomic mass is 35.5. The minimum atomic E-state index is -0.317. The predicted octanol–water partition coefficient (Wildman–Crippen LogP) is 4.75. The molecular weight excluding hydrogens is 367 g/mol. The zero-order valence-electron chi connectivity index (χ0n) is 14.9. The second kappa shape index (κ2) is 9.35. The van der Waals surface area contributed by atoms with Gasteiger partial charge in [-0.25, -0.2) is 4.39 Å². The average Bonchev–Trinajstić information content (AvgIpc) is 2.69. The maximum absolute atomic E-state index is 13.8. The van der Waals surface area contributed by atoms with Gasteiger partial charge in [0.25, 0.3) is 0 Å². The van der Waals surface area contributed by atoms with Crippen LogP contribution >= 0.6 is 11.6 Å². The van der Waals surface area contributed by atoms with Crippen LogP contribution in [0.1, 0.15) is 16.8 Å². The molecule has 0 aliphatic rings. The van der Waals surface area contributed by atoms with Gasteiger partial charge in [-0.1, -0.05) is 35.9 Å². The summed E-state index contributed by atoms with van der Waals surface area (Å²) in [5, 5.41) is 3.73. The van der Waals surface area contributed by atoms with Crippen LogP contribution in [0.25, 0.3) is 0 Å². The Hall–Kier alpha value is -2.63. The number of aromatic nitrogens is 1. The van der Waals surface area contributed by atoms with Gasteiger partial charge in [0.1, 0.15) is 12.4 Å². The zero-order valence-corrected chi connectivity index (χ0v) is 15.7. The molecule has 140 valence electrons. The summed E-state index contributed by atoms with van der Waals surface area (Å²) < 4.78 is 24.9. The van der Waals surface area contributed by atoms with Crippen molar-refractivity contribution in [2.75, 3.05) is 7.11 Å². The van der Waals surface area contributed by atoms with Crippen molar-refractivity contribution >= 4 is 11.6 Å². The van der Waals surface area contributed by atoms with Crippen molar-refractivity contribution in [3.8, 4) is 11.5 Å². The second-order valence-corrected chi connectivity index (χ2v) is 6.32. The number of hydrogen-bond acceptors (Lipinski definition) is 4. The summed E-state index contributed by atoms with van der Waals surface area (Å²) in [6.45, 7) is 1.31. The van der Waals surface area contributed by atoms with Crippen LogP contribution in [0.2, 0.25) is 5.02 Å². The monoisotopic (exact) mass is 386 g/mol. The smallest absolute Gasteiger partial charge is 0.180 e. The Morgan fingerprint density at radius 1 is 1.07 bits per heavy atom. The van der Waals surface area contributed by atoms with Crippen molar-refractivity contribution in [2.45, 2.75) is 19.7 Å². The molecule has 1 N–H and O–H groups in total. The molecule has 0 atom stereocenters. The number of hydrogen-bond donors (Lipinski definition) is 1. The lowest BCUT2D eigenvalue weighted by molar-refractivity contribution is 0.279. The summed E-state index contributed by atoms with van der Waals surface area (Å²) in [4.78, 5) is 4.27. The van der Waals surface area contributed by atoms with E-state index in [2.05, 4.69) is 10.3 Å². The number of nitrogens with zero attached hydrogens (tertiary/aromatic N) is 1. The third-order valence-electron chi connectivity index (χ3n) is 3.98. The van der Waals surface area contributed by atoms with Gasteiger partial charge in [-0.05, 0) is 35.9 Å². The number of halogens is 2. The van der Waals surface area contributed by atoms with E-state index in [9.17, 15) is 4.39 Å². The van der Waals surface area contributed by atoms with Gasteiger partial charge in [0.05, 0.1) is 17.8 Å². The number of pyridine rings is 1. The number of rotatable bonds is 8. The Balaban J connectivity index is 1.66. The summed E-state index contributed by atoms with van der Waals surface area (Å²) >= 11 is 6.38. The van der Waals surface area contributed by atoms with Crippen molar-refractivity contribution in [3.63, 3.8) is 0 Å². The van der Waals surface area contributed by atoms with Gasteiger partial charge < -0.3 is 14.8 Å². The topological polar surface area (TPSA) is 43.4 Å². The molecule has 1 heterocycles. The Labute approximate surface area is 162 Å². The van der Waals surface area contributed by atoms with E-state index < -0.39 is 0 Å². The standard InChI is InChI=1S/C21H20ClFN2O2/c1-26-20-11-15(12-24-13-17-7-4-5-9-25-17)10-18(22)21(20)27-14-16-6-2-3-8-19(16)23/h2-11,24H,12-14H2,1H3. The highest BCUT2D eigenvalue weighted by Gasteiger charge is 2.13. The molecule has 0 spiro atoms. The lowest BCUT2D eigenvalue weighted by atomic mass is 10.2.